The molecule has 2 aromatic rings. The van der Waals surface area contributed by atoms with Crippen molar-refractivity contribution in [2.24, 2.45) is 0 Å². The summed E-state index contributed by atoms with van der Waals surface area (Å²) in [7, 11) is 0. The van der Waals surface area contributed by atoms with Crippen molar-refractivity contribution < 1.29 is 9.90 Å². The highest BCUT2D eigenvalue weighted by Crippen LogP contribution is 2.20. The molecule has 1 unspecified atom stereocenters. The van der Waals surface area contributed by atoms with Crippen LogP contribution in [-0.4, -0.2) is 48.2 Å². The Morgan fingerprint density at radius 2 is 1.72 bits per heavy atom. The first-order chi connectivity index (χ1) is 12.0. The molecule has 0 bridgehead atoms. The van der Waals surface area contributed by atoms with Crippen LogP contribution in [0.4, 0.5) is 5.69 Å². The maximum Gasteiger partial charge on any atom is 0.321 e. The molecule has 1 atom stereocenters. The van der Waals surface area contributed by atoms with Crippen molar-refractivity contribution in [2.75, 3.05) is 31.1 Å². The third-order valence-corrected chi connectivity index (χ3v) is 5.07. The molecule has 1 heterocycles. The zero-order valence-corrected chi connectivity index (χ0v) is 15.0. The molecule has 0 aliphatic carbocycles. The van der Waals surface area contributed by atoms with Crippen LogP contribution in [0.25, 0.3) is 0 Å². The van der Waals surface area contributed by atoms with Crippen LogP contribution in [-0.2, 0) is 11.2 Å². The van der Waals surface area contributed by atoms with E-state index in [0.717, 1.165) is 31.7 Å². The summed E-state index contributed by atoms with van der Waals surface area (Å²) in [5.41, 5.74) is 4.73. The number of hydrogen-bond acceptors (Lipinski definition) is 3. The van der Waals surface area contributed by atoms with Crippen LogP contribution in [0.5, 0.6) is 0 Å². The van der Waals surface area contributed by atoms with Gasteiger partial charge < -0.3 is 10.0 Å². The summed E-state index contributed by atoms with van der Waals surface area (Å²) in [6, 6.07) is 16.1. The van der Waals surface area contributed by atoms with Crippen molar-refractivity contribution in [1.29, 1.82) is 0 Å². The number of nitrogens with zero attached hydrogens (tertiary/aromatic N) is 2. The van der Waals surface area contributed by atoms with E-state index in [2.05, 4.69) is 54.0 Å². The lowest BCUT2D eigenvalue weighted by atomic mass is 9.98. The van der Waals surface area contributed by atoms with E-state index in [1.54, 1.807) is 0 Å². The van der Waals surface area contributed by atoms with Gasteiger partial charge in [0.25, 0.3) is 0 Å². The highest BCUT2D eigenvalue weighted by atomic mass is 16.4. The molecule has 2 aromatic carbocycles. The Labute approximate surface area is 149 Å². The Bertz CT molecular complexity index is 722. The Balaban J connectivity index is 1.67. The first kappa shape index (κ1) is 17.5. The third-order valence-electron chi connectivity index (χ3n) is 5.07. The first-order valence-corrected chi connectivity index (χ1v) is 8.87. The van der Waals surface area contributed by atoms with Crippen molar-refractivity contribution in [3.05, 3.63) is 65.2 Å². The van der Waals surface area contributed by atoms with E-state index in [1.807, 2.05) is 18.2 Å². The number of rotatable bonds is 5. The maximum atomic E-state index is 11.9. The molecule has 0 saturated carbocycles. The zero-order valence-electron chi connectivity index (χ0n) is 15.0. The summed E-state index contributed by atoms with van der Waals surface area (Å²) in [5, 5.41) is 9.76. The van der Waals surface area contributed by atoms with Gasteiger partial charge in [-0.05, 0) is 43.5 Å². The van der Waals surface area contributed by atoms with E-state index in [4.69, 9.17) is 0 Å². The van der Waals surface area contributed by atoms with E-state index in [1.165, 1.54) is 16.8 Å². The minimum Gasteiger partial charge on any atom is -0.480 e. The van der Waals surface area contributed by atoms with Gasteiger partial charge in [-0.3, -0.25) is 9.69 Å². The average molecular weight is 338 g/mol. The molecule has 0 radical (unpaired) electrons. The number of aliphatic carboxylic acids is 1. The molecular formula is C21H26N2O2. The number of anilines is 1. The highest BCUT2D eigenvalue weighted by Gasteiger charge is 2.29. The van der Waals surface area contributed by atoms with Crippen molar-refractivity contribution in [3.63, 3.8) is 0 Å². The molecule has 0 spiro atoms. The molecule has 1 aliphatic heterocycles. The van der Waals surface area contributed by atoms with Crippen molar-refractivity contribution in [2.45, 2.75) is 26.3 Å². The summed E-state index contributed by atoms with van der Waals surface area (Å²) >= 11 is 0. The lowest BCUT2D eigenvalue weighted by Crippen LogP contribution is -2.53. The molecule has 4 heteroatoms. The SMILES string of the molecule is Cc1ccc(CC(C(=O)O)N2CCN(c3ccccc3)CC2)c(C)c1. The smallest absolute Gasteiger partial charge is 0.321 e. The average Bonchev–Trinajstić information content (AvgIpc) is 2.62. The number of aryl methyl sites for hydroxylation is 2. The molecule has 1 fully saturated rings. The van der Waals surface area contributed by atoms with Gasteiger partial charge in [-0.1, -0.05) is 42.0 Å². The summed E-state index contributed by atoms with van der Waals surface area (Å²) < 4.78 is 0. The second-order valence-corrected chi connectivity index (χ2v) is 6.85. The first-order valence-electron chi connectivity index (χ1n) is 8.87. The number of benzene rings is 2. The largest absolute Gasteiger partial charge is 0.480 e. The van der Waals surface area contributed by atoms with Crippen LogP contribution >= 0.6 is 0 Å². The van der Waals surface area contributed by atoms with Gasteiger partial charge in [-0.2, -0.15) is 0 Å². The molecule has 3 rings (SSSR count). The van der Waals surface area contributed by atoms with Gasteiger partial charge in [-0.25, -0.2) is 0 Å². The molecule has 1 N–H and O–H groups in total. The fourth-order valence-electron chi connectivity index (χ4n) is 3.59. The summed E-state index contributed by atoms with van der Waals surface area (Å²) in [6.45, 7) is 7.40. The summed E-state index contributed by atoms with van der Waals surface area (Å²) in [6.07, 6.45) is 0.562. The van der Waals surface area contributed by atoms with Crippen molar-refractivity contribution >= 4 is 11.7 Å². The Hall–Kier alpha value is -2.33. The third kappa shape index (κ3) is 4.20. The number of carboxylic acids is 1. The molecule has 1 aliphatic rings. The van der Waals surface area contributed by atoms with E-state index in [0.29, 0.717) is 6.42 Å². The standard InChI is InChI=1S/C21H26N2O2/c1-16-8-9-18(17(2)14-16)15-20(21(24)25)23-12-10-22(11-13-23)19-6-4-3-5-7-19/h3-9,14,20H,10-13,15H2,1-2H3,(H,24,25). The monoisotopic (exact) mass is 338 g/mol. The van der Waals surface area contributed by atoms with Gasteiger partial charge in [0.15, 0.2) is 0 Å². The van der Waals surface area contributed by atoms with Gasteiger partial charge in [0.1, 0.15) is 6.04 Å². The second kappa shape index (κ2) is 7.70. The molecule has 132 valence electrons. The van der Waals surface area contributed by atoms with Gasteiger partial charge in [0, 0.05) is 31.9 Å². The van der Waals surface area contributed by atoms with Gasteiger partial charge >= 0.3 is 5.97 Å². The van der Waals surface area contributed by atoms with E-state index in [9.17, 15) is 9.90 Å². The maximum absolute atomic E-state index is 11.9. The number of hydrogen-bond donors (Lipinski definition) is 1. The van der Waals surface area contributed by atoms with Crippen LogP contribution in [0.15, 0.2) is 48.5 Å². The van der Waals surface area contributed by atoms with Gasteiger partial charge in [0.2, 0.25) is 0 Å². The molecular weight excluding hydrogens is 312 g/mol. The molecule has 0 aromatic heterocycles. The fourth-order valence-corrected chi connectivity index (χ4v) is 3.59. The van der Waals surface area contributed by atoms with Crippen molar-refractivity contribution in [1.82, 2.24) is 4.90 Å². The molecule has 0 amide bonds. The Morgan fingerprint density at radius 1 is 1.04 bits per heavy atom. The second-order valence-electron chi connectivity index (χ2n) is 6.85. The molecule has 1 saturated heterocycles. The van der Waals surface area contributed by atoms with Crippen LogP contribution in [0, 0.1) is 13.8 Å². The number of carbonyl (C=O) groups is 1. The summed E-state index contributed by atoms with van der Waals surface area (Å²) in [4.78, 5) is 16.3. The number of para-hydroxylation sites is 1. The van der Waals surface area contributed by atoms with Crippen LogP contribution in [0.2, 0.25) is 0 Å². The minimum atomic E-state index is -0.729. The topological polar surface area (TPSA) is 43.8 Å². The van der Waals surface area contributed by atoms with Gasteiger partial charge in [-0.15, -0.1) is 0 Å². The quantitative estimate of drug-likeness (QED) is 0.910. The summed E-state index contributed by atoms with van der Waals surface area (Å²) in [5.74, 6) is -0.729. The molecule has 25 heavy (non-hydrogen) atoms. The lowest BCUT2D eigenvalue weighted by Gasteiger charge is -2.39. The zero-order chi connectivity index (χ0) is 17.8. The minimum absolute atomic E-state index is 0.459. The number of carboxylic acid groups (broad SMARTS) is 1. The van der Waals surface area contributed by atoms with Crippen LogP contribution in [0.3, 0.4) is 0 Å². The van der Waals surface area contributed by atoms with Gasteiger partial charge in [0.05, 0.1) is 0 Å². The van der Waals surface area contributed by atoms with Crippen molar-refractivity contribution in [3.8, 4) is 0 Å². The van der Waals surface area contributed by atoms with E-state index >= 15 is 0 Å². The lowest BCUT2D eigenvalue weighted by molar-refractivity contribution is -0.143. The molecule has 4 nitrogen and oxygen atoms in total. The Morgan fingerprint density at radius 3 is 2.32 bits per heavy atom. The Kier molecular flexibility index (Phi) is 5.39. The normalized spacial score (nSPS) is 16.6. The van der Waals surface area contributed by atoms with E-state index in [-0.39, 0.29) is 0 Å². The van der Waals surface area contributed by atoms with E-state index < -0.39 is 12.0 Å². The predicted octanol–water partition coefficient (Wildman–Crippen LogP) is 3.12. The number of piperazine rings is 1. The fraction of sp³-hybridized carbons (Fsp3) is 0.381. The highest BCUT2D eigenvalue weighted by molar-refractivity contribution is 5.74. The van der Waals surface area contributed by atoms with Crippen LogP contribution in [0.1, 0.15) is 16.7 Å². The van der Waals surface area contributed by atoms with Crippen LogP contribution < -0.4 is 4.90 Å². The predicted molar refractivity (Wildman–Crippen MR) is 101 cm³/mol.